The van der Waals surface area contributed by atoms with E-state index in [1.807, 2.05) is 42.5 Å². The Morgan fingerprint density at radius 3 is 2.79 bits per heavy atom. The smallest absolute Gasteiger partial charge is 0.256 e. The Balaban J connectivity index is 1.47. The average Bonchev–Trinajstić information content (AvgIpc) is 3.43. The van der Waals surface area contributed by atoms with Crippen LogP contribution in [-0.2, 0) is 0 Å². The van der Waals surface area contributed by atoms with Crippen LogP contribution in [0.3, 0.4) is 0 Å². The zero-order valence-electron chi connectivity index (χ0n) is 15.0. The summed E-state index contributed by atoms with van der Waals surface area (Å²) < 4.78 is 5.52. The van der Waals surface area contributed by atoms with E-state index >= 15 is 0 Å². The molecule has 1 amide bonds. The summed E-state index contributed by atoms with van der Waals surface area (Å²) in [5.74, 6) is 0.912. The highest BCUT2D eigenvalue weighted by atomic mass is 16.5. The molecule has 138 valence electrons. The van der Waals surface area contributed by atoms with Gasteiger partial charge in [0.15, 0.2) is 0 Å². The van der Waals surface area contributed by atoms with Crippen LogP contribution >= 0.6 is 0 Å². The lowest BCUT2D eigenvalue weighted by molar-refractivity contribution is 0.0712. The lowest BCUT2D eigenvalue weighted by Crippen LogP contribution is -2.31. The first-order valence-corrected chi connectivity index (χ1v) is 9.21. The van der Waals surface area contributed by atoms with Crippen LogP contribution < -0.4 is 0 Å². The first kappa shape index (κ1) is 16.6. The lowest BCUT2D eigenvalue weighted by Gasteiger charge is -2.22. The predicted octanol–water partition coefficient (Wildman–Crippen LogP) is 3.66. The molecule has 1 unspecified atom stereocenters. The van der Waals surface area contributed by atoms with E-state index in [0.717, 1.165) is 18.4 Å². The van der Waals surface area contributed by atoms with E-state index in [0.29, 0.717) is 34.9 Å². The van der Waals surface area contributed by atoms with Gasteiger partial charge in [-0.05, 0) is 25.0 Å². The number of rotatable bonds is 3. The Morgan fingerprint density at radius 2 is 1.89 bits per heavy atom. The number of carbonyl (C=O) groups excluding carboxylic acids is 1. The Kier molecular flexibility index (Phi) is 4.05. The van der Waals surface area contributed by atoms with Gasteiger partial charge < -0.3 is 9.42 Å². The van der Waals surface area contributed by atoms with Crippen molar-refractivity contribution in [3.05, 3.63) is 72.4 Å². The van der Waals surface area contributed by atoms with Gasteiger partial charge >= 0.3 is 0 Å². The number of aromatic nitrogens is 4. The van der Waals surface area contributed by atoms with Crippen LogP contribution in [0.2, 0.25) is 0 Å². The summed E-state index contributed by atoms with van der Waals surface area (Å²) in [5.41, 5.74) is 2.74. The molecule has 1 fully saturated rings. The van der Waals surface area contributed by atoms with Crippen molar-refractivity contribution in [2.24, 2.45) is 0 Å². The van der Waals surface area contributed by atoms with Crippen molar-refractivity contribution in [3.63, 3.8) is 0 Å². The molecule has 2 aromatic carbocycles. The largest absolute Gasteiger partial charge is 0.337 e. The highest BCUT2D eigenvalue weighted by molar-refractivity contribution is 6.04. The topological polar surface area (TPSA) is 85.0 Å². The Bertz CT molecular complexity index is 1140. The Morgan fingerprint density at radius 1 is 1.04 bits per heavy atom. The second-order valence-corrected chi connectivity index (χ2v) is 6.71. The fourth-order valence-electron chi connectivity index (χ4n) is 3.66. The predicted molar refractivity (Wildman–Crippen MR) is 102 cm³/mol. The summed E-state index contributed by atoms with van der Waals surface area (Å²) in [5, 5.41) is 4.10. The SMILES string of the molecule is O=C(c1cccc2nccnc12)N1CCCC1c1nc(-c2ccccc2)no1. The minimum atomic E-state index is -0.232. The van der Waals surface area contributed by atoms with E-state index in [9.17, 15) is 4.79 Å². The third kappa shape index (κ3) is 2.81. The number of likely N-dealkylation sites (tertiary alicyclic amines) is 1. The molecule has 0 spiro atoms. The van der Waals surface area contributed by atoms with Crippen molar-refractivity contribution in [2.45, 2.75) is 18.9 Å². The summed E-state index contributed by atoms with van der Waals surface area (Å²) in [6, 6.07) is 14.9. The van der Waals surface area contributed by atoms with E-state index < -0.39 is 0 Å². The summed E-state index contributed by atoms with van der Waals surface area (Å²) in [4.78, 5) is 28.3. The number of hydrogen-bond donors (Lipinski definition) is 0. The zero-order chi connectivity index (χ0) is 18.9. The summed E-state index contributed by atoms with van der Waals surface area (Å²) >= 11 is 0. The molecule has 0 aliphatic carbocycles. The average molecular weight is 371 g/mol. The molecular weight excluding hydrogens is 354 g/mol. The minimum Gasteiger partial charge on any atom is -0.337 e. The van der Waals surface area contributed by atoms with Crippen molar-refractivity contribution < 1.29 is 9.32 Å². The standard InChI is InChI=1S/C21H17N5O2/c27-21(15-8-4-9-16-18(15)23-12-11-22-16)26-13-5-10-17(26)20-24-19(25-28-20)14-6-2-1-3-7-14/h1-4,6-9,11-12,17H,5,10,13H2. The summed E-state index contributed by atoms with van der Waals surface area (Å²) in [6.07, 6.45) is 4.90. The van der Waals surface area contributed by atoms with E-state index in [-0.39, 0.29) is 11.9 Å². The van der Waals surface area contributed by atoms with Crippen molar-refractivity contribution in [3.8, 4) is 11.4 Å². The molecule has 0 N–H and O–H groups in total. The van der Waals surface area contributed by atoms with Gasteiger partial charge in [0.1, 0.15) is 11.6 Å². The number of nitrogens with zero attached hydrogens (tertiary/aromatic N) is 5. The highest BCUT2D eigenvalue weighted by Gasteiger charge is 2.35. The van der Waals surface area contributed by atoms with Gasteiger partial charge in [-0.3, -0.25) is 14.8 Å². The highest BCUT2D eigenvalue weighted by Crippen LogP contribution is 2.34. The molecule has 28 heavy (non-hydrogen) atoms. The number of fused-ring (bicyclic) bond motifs is 1. The van der Waals surface area contributed by atoms with Gasteiger partial charge in [-0.2, -0.15) is 4.98 Å². The molecule has 7 heteroatoms. The van der Waals surface area contributed by atoms with Crippen LogP contribution in [0.4, 0.5) is 0 Å². The van der Waals surface area contributed by atoms with E-state index in [4.69, 9.17) is 4.52 Å². The second kappa shape index (κ2) is 6.84. The van der Waals surface area contributed by atoms with Crippen molar-refractivity contribution in [1.82, 2.24) is 25.0 Å². The molecule has 0 bridgehead atoms. The van der Waals surface area contributed by atoms with Gasteiger partial charge in [0.25, 0.3) is 5.91 Å². The van der Waals surface area contributed by atoms with Crippen LogP contribution in [0.15, 0.2) is 65.4 Å². The maximum atomic E-state index is 13.3. The molecule has 5 rings (SSSR count). The first-order chi connectivity index (χ1) is 13.8. The normalized spacial score (nSPS) is 16.6. The molecule has 1 saturated heterocycles. The number of carbonyl (C=O) groups is 1. The molecule has 1 atom stereocenters. The maximum Gasteiger partial charge on any atom is 0.256 e. The van der Waals surface area contributed by atoms with Crippen molar-refractivity contribution in [2.75, 3.05) is 6.54 Å². The quantitative estimate of drug-likeness (QED) is 0.546. The maximum absolute atomic E-state index is 13.3. The van der Waals surface area contributed by atoms with Crippen LogP contribution in [-0.4, -0.2) is 37.5 Å². The van der Waals surface area contributed by atoms with Crippen molar-refractivity contribution in [1.29, 1.82) is 0 Å². The van der Waals surface area contributed by atoms with Gasteiger partial charge in [0.2, 0.25) is 11.7 Å². The van der Waals surface area contributed by atoms with Gasteiger partial charge in [0.05, 0.1) is 11.1 Å². The molecule has 0 radical (unpaired) electrons. The molecule has 1 aliphatic rings. The van der Waals surface area contributed by atoms with Gasteiger partial charge in [-0.1, -0.05) is 41.6 Å². The third-order valence-corrected chi connectivity index (χ3v) is 5.00. The van der Waals surface area contributed by atoms with Gasteiger partial charge in [-0.15, -0.1) is 0 Å². The molecule has 2 aromatic heterocycles. The molecule has 4 aromatic rings. The first-order valence-electron chi connectivity index (χ1n) is 9.21. The molecule has 0 saturated carbocycles. The number of para-hydroxylation sites is 1. The summed E-state index contributed by atoms with van der Waals surface area (Å²) in [6.45, 7) is 0.642. The van der Waals surface area contributed by atoms with Crippen LogP contribution in [0, 0.1) is 0 Å². The third-order valence-electron chi connectivity index (χ3n) is 5.00. The zero-order valence-corrected chi connectivity index (χ0v) is 15.0. The van der Waals surface area contributed by atoms with Crippen molar-refractivity contribution >= 4 is 16.9 Å². The lowest BCUT2D eigenvalue weighted by atomic mass is 10.1. The van der Waals surface area contributed by atoms with Crippen LogP contribution in [0.1, 0.15) is 35.1 Å². The van der Waals surface area contributed by atoms with Gasteiger partial charge in [0, 0.05) is 24.5 Å². The molecule has 1 aliphatic heterocycles. The number of benzene rings is 2. The Labute approximate surface area is 161 Å². The van der Waals surface area contributed by atoms with E-state index in [2.05, 4.69) is 20.1 Å². The second-order valence-electron chi connectivity index (χ2n) is 6.71. The molecular formula is C21H17N5O2. The monoisotopic (exact) mass is 371 g/mol. The number of hydrogen-bond acceptors (Lipinski definition) is 6. The summed E-state index contributed by atoms with van der Waals surface area (Å²) in [7, 11) is 0. The molecule has 7 nitrogen and oxygen atoms in total. The van der Waals surface area contributed by atoms with Crippen LogP contribution in [0.5, 0.6) is 0 Å². The molecule has 3 heterocycles. The fourth-order valence-corrected chi connectivity index (χ4v) is 3.66. The van der Waals surface area contributed by atoms with E-state index in [1.165, 1.54) is 0 Å². The fraction of sp³-hybridized carbons (Fsp3) is 0.190. The Hall–Kier alpha value is -3.61. The van der Waals surface area contributed by atoms with Crippen LogP contribution in [0.25, 0.3) is 22.4 Å². The number of amides is 1. The minimum absolute atomic E-state index is 0.0898. The van der Waals surface area contributed by atoms with E-state index in [1.54, 1.807) is 23.4 Å². The van der Waals surface area contributed by atoms with Gasteiger partial charge in [-0.25, -0.2) is 0 Å².